The third kappa shape index (κ3) is 6.06. The first-order chi connectivity index (χ1) is 9.56. The van der Waals surface area contributed by atoms with Gasteiger partial charge in [-0.3, -0.25) is 0 Å². The van der Waals surface area contributed by atoms with Gasteiger partial charge in [-0.1, -0.05) is 51.5 Å². The molecule has 0 spiro atoms. The van der Waals surface area contributed by atoms with Gasteiger partial charge in [-0.05, 0) is 36.8 Å². The highest BCUT2D eigenvalue weighted by molar-refractivity contribution is 5.25. The van der Waals surface area contributed by atoms with Crippen LogP contribution in [0.3, 0.4) is 0 Å². The fourth-order valence-electron chi connectivity index (χ4n) is 2.63. The van der Waals surface area contributed by atoms with Gasteiger partial charge in [-0.25, -0.2) is 0 Å². The number of hydrogen-bond acceptors (Lipinski definition) is 2. The molecule has 1 aromatic rings. The van der Waals surface area contributed by atoms with E-state index in [4.69, 9.17) is 4.74 Å². The van der Waals surface area contributed by atoms with E-state index < -0.39 is 0 Å². The summed E-state index contributed by atoms with van der Waals surface area (Å²) in [5, 5.41) is 3.67. The van der Waals surface area contributed by atoms with Crippen molar-refractivity contribution in [1.82, 2.24) is 5.32 Å². The van der Waals surface area contributed by atoms with E-state index >= 15 is 0 Å². The van der Waals surface area contributed by atoms with Crippen LogP contribution in [-0.4, -0.2) is 19.8 Å². The van der Waals surface area contributed by atoms with E-state index in [-0.39, 0.29) is 0 Å². The number of ether oxygens (including phenoxy) is 1. The van der Waals surface area contributed by atoms with Crippen LogP contribution >= 0.6 is 0 Å². The third-order valence-electron chi connectivity index (χ3n) is 3.61. The molecule has 1 rings (SSSR count). The van der Waals surface area contributed by atoms with E-state index in [0.717, 1.165) is 19.4 Å². The molecule has 0 bridgehead atoms. The molecule has 0 saturated carbocycles. The molecule has 0 aliphatic heterocycles. The van der Waals surface area contributed by atoms with Crippen LogP contribution in [0.25, 0.3) is 0 Å². The van der Waals surface area contributed by atoms with Gasteiger partial charge < -0.3 is 10.1 Å². The van der Waals surface area contributed by atoms with Crippen molar-refractivity contribution in [3.63, 3.8) is 0 Å². The van der Waals surface area contributed by atoms with Gasteiger partial charge in [0.1, 0.15) is 0 Å². The van der Waals surface area contributed by atoms with Crippen LogP contribution < -0.4 is 5.32 Å². The molecular weight excluding hydrogens is 246 g/mol. The van der Waals surface area contributed by atoms with Gasteiger partial charge >= 0.3 is 0 Å². The smallest absolute Gasteiger partial charge is 0.0616 e. The molecular formula is C18H31NO. The fourth-order valence-corrected chi connectivity index (χ4v) is 2.63. The van der Waals surface area contributed by atoms with Crippen molar-refractivity contribution in [2.24, 2.45) is 5.92 Å². The standard InChI is InChI=1S/C18H31NO/c1-6-7-18(13-20-5)19-15(4)17-10-8-16(9-11-17)12-14(2)3/h8-11,14-15,18-19H,6-7,12-13H2,1-5H3. The van der Waals surface area contributed by atoms with E-state index in [1.54, 1.807) is 7.11 Å². The first-order valence-electron chi connectivity index (χ1n) is 7.90. The minimum atomic E-state index is 0.370. The summed E-state index contributed by atoms with van der Waals surface area (Å²) in [6.45, 7) is 9.76. The van der Waals surface area contributed by atoms with Crippen molar-refractivity contribution in [2.75, 3.05) is 13.7 Å². The lowest BCUT2D eigenvalue weighted by Gasteiger charge is -2.23. The minimum Gasteiger partial charge on any atom is -0.383 e. The van der Waals surface area contributed by atoms with Crippen LogP contribution in [0.5, 0.6) is 0 Å². The molecule has 0 aliphatic rings. The quantitative estimate of drug-likeness (QED) is 0.724. The molecule has 1 aromatic carbocycles. The summed E-state index contributed by atoms with van der Waals surface area (Å²) in [4.78, 5) is 0. The average molecular weight is 277 g/mol. The molecule has 0 amide bonds. The first-order valence-corrected chi connectivity index (χ1v) is 7.90. The lowest BCUT2D eigenvalue weighted by Crippen LogP contribution is -2.35. The molecule has 0 radical (unpaired) electrons. The molecule has 1 N–H and O–H groups in total. The zero-order valence-corrected chi connectivity index (χ0v) is 13.8. The van der Waals surface area contributed by atoms with Gasteiger partial charge in [-0.2, -0.15) is 0 Å². The summed E-state index contributed by atoms with van der Waals surface area (Å²) >= 11 is 0. The molecule has 2 heteroatoms. The Balaban J connectivity index is 2.59. The zero-order chi connectivity index (χ0) is 15.0. The number of benzene rings is 1. The second-order valence-corrected chi connectivity index (χ2v) is 6.17. The molecule has 0 fully saturated rings. The highest BCUT2D eigenvalue weighted by atomic mass is 16.5. The molecule has 0 saturated heterocycles. The second kappa shape index (κ2) is 9.15. The molecule has 20 heavy (non-hydrogen) atoms. The molecule has 2 nitrogen and oxygen atoms in total. The van der Waals surface area contributed by atoms with Crippen molar-refractivity contribution in [3.05, 3.63) is 35.4 Å². The van der Waals surface area contributed by atoms with E-state index in [1.807, 2.05) is 0 Å². The summed E-state index contributed by atoms with van der Waals surface area (Å²) in [6.07, 6.45) is 3.49. The fraction of sp³-hybridized carbons (Fsp3) is 0.667. The average Bonchev–Trinajstić information content (AvgIpc) is 2.39. The van der Waals surface area contributed by atoms with Crippen LogP contribution in [0.4, 0.5) is 0 Å². The Bertz CT molecular complexity index is 352. The monoisotopic (exact) mass is 277 g/mol. The van der Waals surface area contributed by atoms with Crippen LogP contribution in [0, 0.1) is 5.92 Å². The van der Waals surface area contributed by atoms with Gasteiger partial charge in [-0.15, -0.1) is 0 Å². The summed E-state index contributed by atoms with van der Waals surface area (Å²) in [5.41, 5.74) is 2.78. The van der Waals surface area contributed by atoms with Crippen molar-refractivity contribution >= 4 is 0 Å². The topological polar surface area (TPSA) is 21.3 Å². The largest absolute Gasteiger partial charge is 0.383 e. The minimum absolute atomic E-state index is 0.370. The van der Waals surface area contributed by atoms with E-state index in [0.29, 0.717) is 18.0 Å². The van der Waals surface area contributed by atoms with Crippen LogP contribution in [0.15, 0.2) is 24.3 Å². The van der Waals surface area contributed by atoms with Crippen LogP contribution in [0.2, 0.25) is 0 Å². The van der Waals surface area contributed by atoms with Gasteiger partial charge in [0.2, 0.25) is 0 Å². The maximum atomic E-state index is 5.29. The summed E-state index contributed by atoms with van der Waals surface area (Å²) in [6, 6.07) is 9.85. The predicted octanol–water partition coefficient (Wildman–Crippen LogP) is 4.35. The lowest BCUT2D eigenvalue weighted by molar-refractivity contribution is 0.157. The Morgan fingerprint density at radius 2 is 1.75 bits per heavy atom. The zero-order valence-electron chi connectivity index (χ0n) is 13.8. The third-order valence-corrected chi connectivity index (χ3v) is 3.61. The van der Waals surface area contributed by atoms with Gasteiger partial charge in [0.25, 0.3) is 0 Å². The first kappa shape index (κ1) is 17.2. The Labute approximate surface area is 124 Å². The summed E-state index contributed by atoms with van der Waals surface area (Å²) < 4.78 is 5.29. The van der Waals surface area contributed by atoms with Gasteiger partial charge in [0.15, 0.2) is 0 Å². The summed E-state index contributed by atoms with van der Waals surface area (Å²) in [5.74, 6) is 0.715. The number of methoxy groups -OCH3 is 1. The lowest BCUT2D eigenvalue weighted by atomic mass is 9.99. The molecule has 114 valence electrons. The SMILES string of the molecule is CCCC(COC)NC(C)c1ccc(CC(C)C)cc1. The van der Waals surface area contributed by atoms with Gasteiger partial charge in [0, 0.05) is 19.2 Å². The maximum absolute atomic E-state index is 5.29. The van der Waals surface area contributed by atoms with Crippen molar-refractivity contribution < 1.29 is 4.74 Å². The normalized spacial score (nSPS) is 14.5. The van der Waals surface area contributed by atoms with E-state index in [9.17, 15) is 0 Å². The number of rotatable bonds is 9. The number of hydrogen-bond donors (Lipinski definition) is 1. The Kier molecular flexibility index (Phi) is 7.86. The Hall–Kier alpha value is -0.860. The highest BCUT2D eigenvalue weighted by Crippen LogP contribution is 2.17. The van der Waals surface area contributed by atoms with Crippen LogP contribution in [0.1, 0.15) is 57.7 Å². The van der Waals surface area contributed by atoms with E-state index in [2.05, 4.69) is 57.3 Å². The maximum Gasteiger partial charge on any atom is 0.0616 e. The highest BCUT2D eigenvalue weighted by Gasteiger charge is 2.12. The van der Waals surface area contributed by atoms with Crippen molar-refractivity contribution in [2.45, 2.75) is 59.0 Å². The van der Waals surface area contributed by atoms with Gasteiger partial charge in [0.05, 0.1) is 6.61 Å². The molecule has 0 heterocycles. The predicted molar refractivity (Wildman–Crippen MR) is 87.1 cm³/mol. The van der Waals surface area contributed by atoms with E-state index in [1.165, 1.54) is 17.5 Å². The van der Waals surface area contributed by atoms with Crippen molar-refractivity contribution in [3.8, 4) is 0 Å². The Morgan fingerprint density at radius 3 is 2.25 bits per heavy atom. The molecule has 0 aliphatic carbocycles. The second-order valence-electron chi connectivity index (χ2n) is 6.17. The number of nitrogens with one attached hydrogen (secondary N) is 1. The van der Waals surface area contributed by atoms with Crippen LogP contribution in [-0.2, 0) is 11.2 Å². The summed E-state index contributed by atoms with van der Waals surface area (Å²) in [7, 11) is 1.77. The molecule has 2 unspecified atom stereocenters. The Morgan fingerprint density at radius 1 is 1.10 bits per heavy atom. The molecule has 2 atom stereocenters. The van der Waals surface area contributed by atoms with Crippen molar-refractivity contribution in [1.29, 1.82) is 0 Å². The molecule has 0 aromatic heterocycles.